The molecule has 1 unspecified atom stereocenters. The summed E-state index contributed by atoms with van der Waals surface area (Å²) in [5.74, 6) is 0.970. The van der Waals surface area contributed by atoms with Crippen LogP contribution in [0.25, 0.3) is 33.2 Å². The first kappa shape index (κ1) is 28.4. The third-order valence-electron chi connectivity index (χ3n) is 7.06. The first-order chi connectivity index (χ1) is 20.8. The number of pyridine rings is 1. The van der Waals surface area contributed by atoms with Crippen molar-refractivity contribution >= 4 is 45.6 Å². The number of benzene rings is 2. The van der Waals surface area contributed by atoms with Gasteiger partial charge in [-0.2, -0.15) is 9.97 Å². The first-order valence-corrected chi connectivity index (χ1v) is 14.6. The number of hydrogen-bond donors (Lipinski definition) is 3. The second-order valence-electron chi connectivity index (χ2n) is 11.5. The molecule has 4 heterocycles. The summed E-state index contributed by atoms with van der Waals surface area (Å²) in [5, 5.41) is 10.5. The maximum atomic E-state index is 12.1. The van der Waals surface area contributed by atoms with Gasteiger partial charge >= 0.3 is 6.09 Å². The van der Waals surface area contributed by atoms with Gasteiger partial charge in [0.25, 0.3) is 0 Å². The van der Waals surface area contributed by atoms with Crippen molar-refractivity contribution in [2.45, 2.75) is 51.9 Å². The molecule has 1 amide bonds. The van der Waals surface area contributed by atoms with Gasteiger partial charge in [0.05, 0.1) is 11.8 Å². The Morgan fingerprint density at radius 3 is 2.70 bits per heavy atom. The minimum Gasteiger partial charge on any atom is -0.444 e. The highest BCUT2D eigenvalue weighted by atomic mass is 16.6. The monoisotopic (exact) mass is 580 g/mol. The van der Waals surface area contributed by atoms with Gasteiger partial charge in [-0.15, -0.1) is 0 Å². The third-order valence-corrected chi connectivity index (χ3v) is 7.06. The van der Waals surface area contributed by atoms with Crippen molar-refractivity contribution in [1.29, 1.82) is 0 Å². The van der Waals surface area contributed by atoms with Gasteiger partial charge in [0.15, 0.2) is 17.0 Å². The number of carbonyl (C=O) groups is 1. The van der Waals surface area contributed by atoms with Crippen LogP contribution in [0.1, 0.15) is 46.3 Å². The molecule has 5 aromatic rings. The molecular formula is C32H36N8O3. The number of anilines is 3. The molecule has 6 rings (SSSR count). The van der Waals surface area contributed by atoms with Crippen LogP contribution in [0.15, 0.2) is 67.1 Å². The van der Waals surface area contributed by atoms with E-state index in [-0.39, 0.29) is 6.23 Å². The number of nitrogens with zero attached hydrogens (tertiary/aromatic N) is 5. The van der Waals surface area contributed by atoms with Crippen LogP contribution >= 0.6 is 0 Å². The van der Waals surface area contributed by atoms with E-state index in [4.69, 9.17) is 19.4 Å². The van der Waals surface area contributed by atoms with E-state index in [0.29, 0.717) is 42.6 Å². The van der Waals surface area contributed by atoms with Crippen molar-refractivity contribution in [2.24, 2.45) is 0 Å². The molecule has 0 radical (unpaired) electrons. The Bertz CT molecular complexity index is 1730. The molecule has 1 aliphatic rings. The fourth-order valence-electron chi connectivity index (χ4n) is 5.13. The summed E-state index contributed by atoms with van der Waals surface area (Å²) in [6.45, 7) is 6.96. The van der Waals surface area contributed by atoms with Crippen molar-refractivity contribution < 1.29 is 14.3 Å². The molecular weight excluding hydrogens is 544 g/mol. The molecule has 11 heteroatoms. The molecule has 0 bridgehead atoms. The fourth-order valence-corrected chi connectivity index (χ4v) is 5.13. The zero-order chi connectivity index (χ0) is 29.8. The number of aromatic nitrogens is 5. The summed E-state index contributed by atoms with van der Waals surface area (Å²) in [5.41, 5.74) is 4.67. The van der Waals surface area contributed by atoms with Gasteiger partial charge in [0, 0.05) is 37.0 Å². The highest BCUT2D eigenvalue weighted by Crippen LogP contribution is 2.32. The van der Waals surface area contributed by atoms with Crippen LogP contribution in [-0.4, -0.2) is 55.9 Å². The number of carbonyl (C=O) groups excluding carboxylic acids is 1. The average molecular weight is 581 g/mol. The number of nitrogens with one attached hydrogen (secondary N) is 3. The van der Waals surface area contributed by atoms with Gasteiger partial charge in [0.2, 0.25) is 5.95 Å². The Hall–Kier alpha value is -4.77. The molecule has 3 aromatic heterocycles. The molecule has 1 aliphatic heterocycles. The zero-order valence-corrected chi connectivity index (χ0v) is 24.6. The molecule has 1 saturated heterocycles. The Kier molecular flexibility index (Phi) is 8.06. The van der Waals surface area contributed by atoms with Gasteiger partial charge in [0.1, 0.15) is 11.8 Å². The predicted octanol–water partition coefficient (Wildman–Crippen LogP) is 6.42. The van der Waals surface area contributed by atoms with E-state index in [1.54, 1.807) is 6.33 Å². The van der Waals surface area contributed by atoms with Crippen LogP contribution in [-0.2, 0) is 9.47 Å². The topological polar surface area (TPSA) is 128 Å². The van der Waals surface area contributed by atoms with E-state index in [2.05, 4.69) is 44.1 Å². The lowest BCUT2D eigenvalue weighted by Gasteiger charge is -2.24. The van der Waals surface area contributed by atoms with Crippen molar-refractivity contribution in [3.05, 3.63) is 67.1 Å². The molecule has 0 spiro atoms. The molecule has 0 aliphatic carbocycles. The minimum atomic E-state index is -0.564. The van der Waals surface area contributed by atoms with Gasteiger partial charge in [-0.25, -0.2) is 9.78 Å². The first-order valence-electron chi connectivity index (χ1n) is 14.6. The largest absolute Gasteiger partial charge is 0.444 e. The maximum Gasteiger partial charge on any atom is 0.407 e. The predicted molar refractivity (Wildman–Crippen MR) is 167 cm³/mol. The molecule has 3 N–H and O–H groups in total. The Morgan fingerprint density at radius 1 is 1.05 bits per heavy atom. The van der Waals surface area contributed by atoms with Crippen LogP contribution in [0.4, 0.5) is 22.2 Å². The number of fused-ring (bicyclic) bond motifs is 2. The van der Waals surface area contributed by atoms with Gasteiger partial charge in [-0.3, -0.25) is 9.55 Å². The maximum absolute atomic E-state index is 12.1. The Labute approximate surface area is 250 Å². The van der Waals surface area contributed by atoms with Crippen LogP contribution in [0.5, 0.6) is 0 Å². The molecule has 1 fully saturated rings. The number of alkyl carbamates (subject to hydrolysis) is 1. The smallest absolute Gasteiger partial charge is 0.407 e. The van der Waals surface area contributed by atoms with Gasteiger partial charge in [-0.1, -0.05) is 30.3 Å². The van der Waals surface area contributed by atoms with Crippen molar-refractivity contribution in [2.75, 3.05) is 30.3 Å². The quantitative estimate of drug-likeness (QED) is 0.178. The van der Waals surface area contributed by atoms with E-state index in [1.807, 2.05) is 67.9 Å². The summed E-state index contributed by atoms with van der Waals surface area (Å²) in [4.78, 5) is 31.0. The lowest BCUT2D eigenvalue weighted by Crippen LogP contribution is -2.35. The zero-order valence-electron chi connectivity index (χ0n) is 24.6. The van der Waals surface area contributed by atoms with Crippen molar-refractivity contribution in [3.8, 4) is 11.1 Å². The summed E-state index contributed by atoms with van der Waals surface area (Å²) >= 11 is 0. The Balaban J connectivity index is 1.30. The van der Waals surface area contributed by atoms with E-state index < -0.39 is 11.7 Å². The van der Waals surface area contributed by atoms with Crippen LogP contribution in [0.3, 0.4) is 0 Å². The summed E-state index contributed by atoms with van der Waals surface area (Å²) < 4.78 is 13.4. The average Bonchev–Trinajstić information content (AvgIpc) is 3.43. The number of hydrogen-bond acceptors (Lipinski definition) is 9. The minimum absolute atomic E-state index is 0.136. The molecule has 222 valence electrons. The van der Waals surface area contributed by atoms with Crippen LogP contribution < -0.4 is 16.0 Å². The van der Waals surface area contributed by atoms with Gasteiger partial charge < -0.3 is 25.4 Å². The third kappa shape index (κ3) is 6.67. The SMILES string of the molecule is CC(C)(C)OC(=O)NCCNc1nc(Nc2ccc3nccc(-c4ccccc4)c3c2)nc2c1ncn2C1CCCCO1. The fraction of sp³-hybridized carbons (Fsp3) is 0.344. The standard InChI is InChI=1S/C32H36N8O3/c1-32(2,3)43-31(41)35-17-16-34-28-27-29(40(20-36-27)26-11-7-8-18-42-26)39-30(38-28)37-22-12-13-25-24(19-22)23(14-15-33-25)21-9-5-4-6-10-21/h4-6,9-10,12-15,19-20,26H,7-8,11,16-18H2,1-3H3,(H,35,41)(H2,34,37,38,39). The van der Waals surface area contributed by atoms with Crippen molar-refractivity contribution in [3.63, 3.8) is 0 Å². The normalized spacial score (nSPS) is 15.4. The summed E-state index contributed by atoms with van der Waals surface area (Å²) in [6.07, 6.45) is 6.00. The molecule has 1 atom stereocenters. The molecule has 2 aromatic carbocycles. The summed E-state index contributed by atoms with van der Waals surface area (Å²) in [6, 6.07) is 18.3. The van der Waals surface area contributed by atoms with E-state index in [9.17, 15) is 4.79 Å². The molecule has 0 saturated carbocycles. The van der Waals surface area contributed by atoms with Gasteiger partial charge in [-0.05, 0) is 75.4 Å². The highest BCUT2D eigenvalue weighted by molar-refractivity contribution is 5.96. The number of ether oxygens (including phenoxy) is 2. The van der Waals surface area contributed by atoms with E-state index in [1.165, 1.54) is 0 Å². The lowest BCUT2D eigenvalue weighted by molar-refractivity contribution is -0.0298. The number of amides is 1. The van der Waals surface area contributed by atoms with E-state index in [0.717, 1.165) is 47.0 Å². The second kappa shape index (κ2) is 12.2. The number of imidazole rings is 1. The van der Waals surface area contributed by atoms with Crippen LogP contribution in [0, 0.1) is 0 Å². The second-order valence-corrected chi connectivity index (χ2v) is 11.5. The number of rotatable bonds is 8. The van der Waals surface area contributed by atoms with E-state index >= 15 is 0 Å². The lowest BCUT2D eigenvalue weighted by atomic mass is 10.0. The molecule has 43 heavy (non-hydrogen) atoms. The highest BCUT2D eigenvalue weighted by Gasteiger charge is 2.22. The van der Waals surface area contributed by atoms with Crippen molar-refractivity contribution in [1.82, 2.24) is 29.8 Å². The molecule has 11 nitrogen and oxygen atoms in total. The Morgan fingerprint density at radius 2 is 1.91 bits per heavy atom. The van der Waals surface area contributed by atoms with Crippen LogP contribution in [0.2, 0.25) is 0 Å². The summed E-state index contributed by atoms with van der Waals surface area (Å²) in [7, 11) is 0.